The number of hydrogen-bond acceptors (Lipinski definition) is 6. The average molecular weight is 456 g/mol. The molecule has 10 heteroatoms. The van der Waals surface area contributed by atoms with Crippen molar-refractivity contribution in [3.05, 3.63) is 88.3 Å². The van der Waals surface area contributed by atoms with E-state index in [9.17, 15) is 18.7 Å². The van der Waals surface area contributed by atoms with Gasteiger partial charge >= 0.3 is 5.97 Å². The Labute approximate surface area is 185 Å². The lowest BCUT2D eigenvalue weighted by atomic mass is 9.82. The van der Waals surface area contributed by atoms with E-state index in [0.717, 1.165) is 18.2 Å². The fourth-order valence-electron chi connectivity index (χ4n) is 3.45. The van der Waals surface area contributed by atoms with E-state index in [-0.39, 0.29) is 17.7 Å². The second-order valence-electron chi connectivity index (χ2n) is 7.32. The van der Waals surface area contributed by atoms with Crippen LogP contribution >= 0.6 is 11.3 Å². The summed E-state index contributed by atoms with van der Waals surface area (Å²) in [5, 5.41) is 27.0. The third-order valence-corrected chi connectivity index (χ3v) is 6.33. The third-order valence-electron chi connectivity index (χ3n) is 5.30. The van der Waals surface area contributed by atoms with Gasteiger partial charge in [0.15, 0.2) is 0 Å². The number of nitrogens with zero attached hydrogens (tertiary/aromatic N) is 4. The summed E-state index contributed by atoms with van der Waals surface area (Å²) in [6.45, 7) is 1.51. The summed E-state index contributed by atoms with van der Waals surface area (Å²) in [6, 6.07) is 9.17. The van der Waals surface area contributed by atoms with E-state index in [1.165, 1.54) is 40.8 Å². The first-order chi connectivity index (χ1) is 15.3. The zero-order chi connectivity index (χ0) is 22.9. The summed E-state index contributed by atoms with van der Waals surface area (Å²) in [5.41, 5.74) is -0.648. The molecule has 0 bridgehead atoms. The first-order valence-electron chi connectivity index (χ1n) is 9.57. The fourth-order valence-corrected chi connectivity index (χ4v) is 4.42. The van der Waals surface area contributed by atoms with Gasteiger partial charge in [-0.1, -0.05) is 19.1 Å². The summed E-state index contributed by atoms with van der Waals surface area (Å²) in [7, 11) is 0. The number of aliphatic hydroxyl groups is 1. The maximum absolute atomic E-state index is 14.7. The molecular formula is C22H18F2N4O3S. The van der Waals surface area contributed by atoms with Crippen molar-refractivity contribution in [3.63, 3.8) is 0 Å². The van der Waals surface area contributed by atoms with Crippen LogP contribution in [0.25, 0.3) is 11.3 Å². The van der Waals surface area contributed by atoms with Gasteiger partial charge in [0.1, 0.15) is 29.9 Å². The maximum atomic E-state index is 14.7. The van der Waals surface area contributed by atoms with Crippen LogP contribution in [0.4, 0.5) is 8.78 Å². The van der Waals surface area contributed by atoms with Gasteiger partial charge in [0.2, 0.25) is 0 Å². The van der Waals surface area contributed by atoms with Crippen LogP contribution < -0.4 is 0 Å². The molecule has 2 aromatic carbocycles. The standard InChI is InChI=1S/C22H18F2N4O3S/c1-13(20-27-19(9-32-20)14-2-4-15(5-3-14)21(29)30)22(31,10-28-12-25-11-26-28)17-8-16(23)6-7-18(17)24/h2-9,11-13,31H,10H2,1H3,(H,29,30)/t13-,22+/m0/s1. The van der Waals surface area contributed by atoms with Gasteiger partial charge in [-0.05, 0) is 30.3 Å². The van der Waals surface area contributed by atoms with Gasteiger partial charge in [-0.3, -0.25) is 0 Å². The van der Waals surface area contributed by atoms with Gasteiger partial charge in [-0.25, -0.2) is 28.2 Å². The number of carbonyl (C=O) groups is 1. The Balaban J connectivity index is 1.72. The second-order valence-corrected chi connectivity index (χ2v) is 8.21. The van der Waals surface area contributed by atoms with Crippen LogP contribution in [0.5, 0.6) is 0 Å². The van der Waals surface area contributed by atoms with Crippen molar-refractivity contribution in [2.75, 3.05) is 0 Å². The van der Waals surface area contributed by atoms with Crippen LogP contribution in [0.15, 0.2) is 60.5 Å². The van der Waals surface area contributed by atoms with Gasteiger partial charge in [0.05, 0.1) is 22.8 Å². The predicted molar refractivity (Wildman–Crippen MR) is 113 cm³/mol. The van der Waals surface area contributed by atoms with Crippen molar-refractivity contribution in [2.24, 2.45) is 0 Å². The molecule has 0 spiro atoms. The first-order valence-corrected chi connectivity index (χ1v) is 10.5. The van der Waals surface area contributed by atoms with Crippen molar-refractivity contribution >= 4 is 17.3 Å². The minimum absolute atomic E-state index is 0.154. The second kappa shape index (κ2) is 8.56. The topological polar surface area (TPSA) is 101 Å². The van der Waals surface area contributed by atoms with Crippen molar-refractivity contribution in [3.8, 4) is 11.3 Å². The number of hydrogen-bond donors (Lipinski definition) is 2. The lowest BCUT2D eigenvalue weighted by molar-refractivity contribution is -0.0114. The van der Waals surface area contributed by atoms with E-state index in [2.05, 4.69) is 15.1 Å². The smallest absolute Gasteiger partial charge is 0.335 e. The number of carboxylic acids is 1. The molecule has 32 heavy (non-hydrogen) atoms. The van der Waals surface area contributed by atoms with Crippen LogP contribution in [-0.2, 0) is 12.1 Å². The summed E-state index contributed by atoms with van der Waals surface area (Å²) in [6.07, 6.45) is 2.67. The monoisotopic (exact) mass is 456 g/mol. The highest BCUT2D eigenvalue weighted by atomic mass is 32.1. The number of rotatable bonds is 7. The quantitative estimate of drug-likeness (QED) is 0.435. The van der Waals surface area contributed by atoms with E-state index in [1.807, 2.05) is 0 Å². The highest BCUT2D eigenvalue weighted by molar-refractivity contribution is 7.10. The number of benzene rings is 2. The molecule has 0 saturated heterocycles. The van der Waals surface area contributed by atoms with E-state index in [0.29, 0.717) is 16.3 Å². The van der Waals surface area contributed by atoms with Crippen molar-refractivity contribution in [1.82, 2.24) is 19.7 Å². The Morgan fingerprint density at radius 2 is 1.97 bits per heavy atom. The van der Waals surface area contributed by atoms with Crippen molar-refractivity contribution in [2.45, 2.75) is 25.0 Å². The molecule has 0 aliphatic heterocycles. The molecule has 0 unspecified atom stereocenters. The largest absolute Gasteiger partial charge is 0.478 e. The molecule has 2 N–H and O–H groups in total. The number of aromatic nitrogens is 4. The number of carboxylic acid groups (broad SMARTS) is 1. The lowest BCUT2D eigenvalue weighted by Gasteiger charge is -2.33. The first kappa shape index (κ1) is 21.7. The minimum atomic E-state index is -1.87. The number of halogens is 2. The Morgan fingerprint density at radius 3 is 2.62 bits per heavy atom. The predicted octanol–water partition coefficient (Wildman–Crippen LogP) is 4.07. The van der Waals surface area contributed by atoms with E-state index >= 15 is 0 Å². The van der Waals surface area contributed by atoms with Gasteiger partial charge in [-0.15, -0.1) is 11.3 Å². The molecule has 0 saturated carbocycles. The molecule has 0 aliphatic carbocycles. The van der Waals surface area contributed by atoms with Crippen LogP contribution in [0, 0.1) is 11.6 Å². The highest BCUT2D eigenvalue weighted by Crippen LogP contribution is 2.41. The van der Waals surface area contributed by atoms with Crippen LogP contribution in [0.2, 0.25) is 0 Å². The van der Waals surface area contributed by atoms with Gasteiger partial charge in [0, 0.05) is 22.4 Å². The highest BCUT2D eigenvalue weighted by Gasteiger charge is 2.41. The maximum Gasteiger partial charge on any atom is 0.335 e. The SMILES string of the molecule is C[C@@H](c1nc(-c2ccc(C(=O)O)cc2)cs1)[C@](O)(Cn1cncn1)c1cc(F)ccc1F. The average Bonchev–Trinajstić information content (AvgIpc) is 3.47. The molecular weight excluding hydrogens is 438 g/mol. The Bertz CT molecular complexity index is 1240. The summed E-state index contributed by atoms with van der Waals surface area (Å²) >= 11 is 1.26. The molecule has 0 aliphatic rings. The van der Waals surface area contributed by atoms with E-state index < -0.39 is 29.1 Å². The Kier molecular flexibility index (Phi) is 5.81. The molecule has 0 amide bonds. The van der Waals surface area contributed by atoms with Crippen molar-refractivity contribution in [1.29, 1.82) is 0 Å². The van der Waals surface area contributed by atoms with Crippen molar-refractivity contribution < 1.29 is 23.8 Å². The molecule has 4 rings (SSSR count). The minimum Gasteiger partial charge on any atom is -0.478 e. The fraction of sp³-hybridized carbons (Fsp3) is 0.182. The van der Waals surface area contributed by atoms with E-state index in [4.69, 9.17) is 5.11 Å². The summed E-state index contributed by atoms with van der Waals surface area (Å²) in [5.74, 6) is -3.19. The summed E-state index contributed by atoms with van der Waals surface area (Å²) < 4.78 is 30.0. The van der Waals surface area contributed by atoms with Crippen LogP contribution in [0.3, 0.4) is 0 Å². The zero-order valence-corrected chi connectivity index (χ0v) is 17.6. The summed E-state index contributed by atoms with van der Waals surface area (Å²) in [4.78, 5) is 19.5. The number of aromatic carboxylic acids is 1. The van der Waals surface area contributed by atoms with E-state index in [1.54, 1.807) is 24.4 Å². The lowest BCUT2D eigenvalue weighted by Crippen LogP contribution is -2.38. The molecule has 0 radical (unpaired) electrons. The third kappa shape index (κ3) is 4.14. The molecule has 0 fully saturated rings. The Hall–Kier alpha value is -3.50. The molecule has 7 nitrogen and oxygen atoms in total. The molecule has 2 aromatic heterocycles. The molecule has 164 valence electrons. The van der Waals surface area contributed by atoms with Crippen LogP contribution in [0.1, 0.15) is 33.8 Å². The molecule has 2 atom stereocenters. The normalized spacial score (nSPS) is 14.1. The molecule has 4 aromatic rings. The van der Waals surface area contributed by atoms with Crippen LogP contribution in [-0.4, -0.2) is 35.9 Å². The Morgan fingerprint density at radius 1 is 1.22 bits per heavy atom. The van der Waals surface area contributed by atoms with Gasteiger partial charge in [0.25, 0.3) is 0 Å². The van der Waals surface area contributed by atoms with Gasteiger partial charge < -0.3 is 10.2 Å². The number of thiazole rings is 1. The molecule has 2 heterocycles. The van der Waals surface area contributed by atoms with Gasteiger partial charge in [-0.2, -0.15) is 5.10 Å². The zero-order valence-electron chi connectivity index (χ0n) is 16.8.